The van der Waals surface area contributed by atoms with Gasteiger partial charge in [-0.15, -0.1) is 0 Å². The van der Waals surface area contributed by atoms with Crippen LogP contribution in [0.25, 0.3) is 0 Å². The summed E-state index contributed by atoms with van der Waals surface area (Å²) >= 11 is 0. The first-order valence-corrected chi connectivity index (χ1v) is 11.0. The van der Waals surface area contributed by atoms with E-state index in [2.05, 4.69) is 15.3 Å². The smallest absolute Gasteiger partial charge is 0.279 e. The van der Waals surface area contributed by atoms with Gasteiger partial charge in [-0.2, -0.15) is 0 Å². The Bertz CT molecular complexity index is 1300. The summed E-state index contributed by atoms with van der Waals surface area (Å²) in [7, 11) is 0. The lowest BCUT2D eigenvalue weighted by molar-refractivity contribution is -0.117. The molecular formula is C27H22F2N4O2. The van der Waals surface area contributed by atoms with Crippen LogP contribution < -0.4 is 10.2 Å². The van der Waals surface area contributed by atoms with Crippen LogP contribution in [0.4, 0.5) is 20.2 Å². The van der Waals surface area contributed by atoms with E-state index < -0.39 is 29.5 Å². The number of hydrogen-bond acceptors (Lipinski definition) is 4. The molecule has 0 bridgehead atoms. The van der Waals surface area contributed by atoms with E-state index in [0.717, 1.165) is 12.0 Å². The number of nitrogens with zero attached hydrogens (tertiary/aromatic N) is 3. The molecule has 3 aromatic carbocycles. The normalized spacial score (nSPS) is 11.5. The van der Waals surface area contributed by atoms with Gasteiger partial charge in [0.25, 0.3) is 11.8 Å². The van der Waals surface area contributed by atoms with Gasteiger partial charge in [0.05, 0.1) is 6.20 Å². The highest BCUT2D eigenvalue weighted by Crippen LogP contribution is 2.31. The summed E-state index contributed by atoms with van der Waals surface area (Å²) in [5.74, 6) is -2.06. The maximum absolute atomic E-state index is 13.7. The fraction of sp³-hybridized carbons (Fsp3) is 0.111. The van der Waals surface area contributed by atoms with Gasteiger partial charge in [0.15, 0.2) is 0 Å². The molecule has 0 unspecified atom stereocenters. The van der Waals surface area contributed by atoms with E-state index in [-0.39, 0.29) is 5.69 Å². The van der Waals surface area contributed by atoms with Gasteiger partial charge in [0, 0.05) is 23.8 Å². The molecule has 1 N–H and O–H groups in total. The maximum atomic E-state index is 13.7. The van der Waals surface area contributed by atoms with Crippen molar-refractivity contribution >= 4 is 23.2 Å². The average molecular weight is 472 g/mol. The van der Waals surface area contributed by atoms with Gasteiger partial charge >= 0.3 is 0 Å². The number of rotatable bonds is 7. The maximum Gasteiger partial charge on any atom is 0.279 e. The first kappa shape index (κ1) is 23.7. The van der Waals surface area contributed by atoms with Crippen LogP contribution in [0.1, 0.15) is 34.6 Å². The van der Waals surface area contributed by atoms with Crippen LogP contribution in [0.3, 0.4) is 0 Å². The zero-order valence-electron chi connectivity index (χ0n) is 18.9. The van der Waals surface area contributed by atoms with Crippen LogP contribution in [0.15, 0.2) is 91.4 Å². The average Bonchev–Trinajstić information content (AvgIpc) is 2.89. The van der Waals surface area contributed by atoms with E-state index in [1.165, 1.54) is 72.0 Å². The Kier molecular flexibility index (Phi) is 7.21. The van der Waals surface area contributed by atoms with E-state index in [9.17, 15) is 18.4 Å². The van der Waals surface area contributed by atoms with E-state index >= 15 is 0 Å². The van der Waals surface area contributed by atoms with Crippen LogP contribution in [0.2, 0.25) is 0 Å². The number of amides is 2. The summed E-state index contributed by atoms with van der Waals surface area (Å²) in [5, 5.41) is 2.75. The van der Waals surface area contributed by atoms with Crippen molar-refractivity contribution < 1.29 is 18.4 Å². The van der Waals surface area contributed by atoms with Gasteiger partial charge in [0.2, 0.25) is 0 Å². The molecule has 8 heteroatoms. The van der Waals surface area contributed by atoms with Crippen LogP contribution in [-0.2, 0) is 11.2 Å². The third-order valence-corrected chi connectivity index (χ3v) is 5.43. The molecule has 6 nitrogen and oxygen atoms in total. The van der Waals surface area contributed by atoms with Gasteiger partial charge in [-0.3, -0.25) is 19.5 Å². The van der Waals surface area contributed by atoms with Gasteiger partial charge in [0.1, 0.15) is 23.4 Å². The lowest BCUT2D eigenvalue weighted by Gasteiger charge is -2.31. The third kappa shape index (κ3) is 5.55. The SMILES string of the molecule is CCc1ccc([C@H](C(=O)Nc2ccc(F)cc2)N(C(=O)c2cnccn2)c2ccc(F)cc2)cc1. The highest BCUT2D eigenvalue weighted by atomic mass is 19.1. The number of carbonyl (C=O) groups is 2. The first-order valence-electron chi connectivity index (χ1n) is 11.0. The Morgan fingerprint density at radius 3 is 2.09 bits per heavy atom. The molecule has 4 rings (SSSR count). The summed E-state index contributed by atoms with van der Waals surface area (Å²) in [6.07, 6.45) is 4.90. The second-order valence-electron chi connectivity index (χ2n) is 7.74. The van der Waals surface area contributed by atoms with Crippen molar-refractivity contribution in [1.82, 2.24) is 9.97 Å². The minimum atomic E-state index is -1.15. The Hall–Kier alpha value is -4.46. The Morgan fingerprint density at radius 1 is 0.886 bits per heavy atom. The zero-order chi connectivity index (χ0) is 24.8. The van der Waals surface area contributed by atoms with Crippen molar-refractivity contribution in [3.05, 3.63) is 120 Å². The van der Waals surface area contributed by atoms with Gasteiger partial charge in [-0.05, 0) is 66.1 Å². The number of nitrogens with one attached hydrogen (secondary N) is 1. The minimum absolute atomic E-state index is 0.0154. The summed E-state index contributed by atoms with van der Waals surface area (Å²) in [6, 6.07) is 16.7. The summed E-state index contributed by atoms with van der Waals surface area (Å²) < 4.78 is 27.1. The molecule has 0 saturated heterocycles. The van der Waals surface area contributed by atoms with Crippen LogP contribution >= 0.6 is 0 Å². The standard InChI is InChI=1S/C27H22F2N4O2/c1-2-18-3-5-19(6-4-18)25(26(34)32-22-11-7-20(28)8-12-22)33(23-13-9-21(29)10-14-23)27(35)24-17-30-15-16-31-24/h3-17,25H,2H2,1H3,(H,32,34)/t25-/m1/s1. The van der Waals surface area contributed by atoms with Gasteiger partial charge < -0.3 is 5.32 Å². The predicted molar refractivity (Wildman–Crippen MR) is 129 cm³/mol. The number of aromatic nitrogens is 2. The molecule has 0 radical (unpaired) electrons. The topological polar surface area (TPSA) is 75.2 Å². The molecule has 1 heterocycles. The van der Waals surface area contributed by atoms with Gasteiger partial charge in [-0.25, -0.2) is 13.8 Å². The monoisotopic (exact) mass is 472 g/mol. The summed E-state index contributed by atoms with van der Waals surface area (Å²) in [6.45, 7) is 2.01. The molecular weight excluding hydrogens is 450 g/mol. The highest BCUT2D eigenvalue weighted by molar-refractivity contribution is 6.11. The lowest BCUT2D eigenvalue weighted by atomic mass is 10.00. The third-order valence-electron chi connectivity index (χ3n) is 5.43. The van der Waals surface area contributed by atoms with E-state index in [0.29, 0.717) is 16.9 Å². The van der Waals surface area contributed by atoms with Crippen molar-refractivity contribution in [2.75, 3.05) is 10.2 Å². The van der Waals surface area contributed by atoms with Crippen molar-refractivity contribution in [3.8, 4) is 0 Å². The second kappa shape index (κ2) is 10.6. The molecule has 0 fully saturated rings. The number of halogens is 2. The van der Waals surface area contributed by atoms with E-state index in [4.69, 9.17) is 0 Å². The molecule has 1 aromatic heterocycles. The number of aryl methyl sites for hydroxylation is 1. The fourth-order valence-electron chi connectivity index (χ4n) is 3.62. The Morgan fingerprint density at radius 2 is 1.51 bits per heavy atom. The van der Waals surface area contributed by atoms with E-state index in [1.54, 1.807) is 12.1 Å². The Labute approximate surface area is 201 Å². The predicted octanol–water partition coefficient (Wildman–Crippen LogP) is 5.34. The van der Waals surface area contributed by atoms with Crippen molar-refractivity contribution in [3.63, 3.8) is 0 Å². The molecule has 4 aromatic rings. The minimum Gasteiger partial charge on any atom is -0.324 e. The Balaban J connectivity index is 1.83. The van der Waals surface area contributed by atoms with Crippen molar-refractivity contribution in [2.45, 2.75) is 19.4 Å². The number of carbonyl (C=O) groups excluding carboxylic acids is 2. The molecule has 0 aliphatic heterocycles. The summed E-state index contributed by atoms with van der Waals surface area (Å²) in [5.41, 5.74) is 2.25. The zero-order valence-corrected chi connectivity index (χ0v) is 18.9. The molecule has 176 valence electrons. The highest BCUT2D eigenvalue weighted by Gasteiger charge is 2.34. The largest absolute Gasteiger partial charge is 0.324 e. The molecule has 0 aliphatic rings. The van der Waals surface area contributed by atoms with Crippen LogP contribution in [0, 0.1) is 11.6 Å². The molecule has 1 atom stereocenters. The second-order valence-corrected chi connectivity index (χ2v) is 7.74. The first-order chi connectivity index (χ1) is 17.0. The molecule has 0 spiro atoms. The quantitative estimate of drug-likeness (QED) is 0.394. The fourth-order valence-corrected chi connectivity index (χ4v) is 3.62. The van der Waals surface area contributed by atoms with Crippen LogP contribution in [0.5, 0.6) is 0 Å². The molecule has 0 aliphatic carbocycles. The molecule has 2 amide bonds. The van der Waals surface area contributed by atoms with Crippen molar-refractivity contribution in [2.24, 2.45) is 0 Å². The molecule has 0 saturated carbocycles. The lowest BCUT2D eigenvalue weighted by Crippen LogP contribution is -2.42. The number of anilines is 2. The molecule has 35 heavy (non-hydrogen) atoms. The number of benzene rings is 3. The summed E-state index contributed by atoms with van der Waals surface area (Å²) in [4.78, 5) is 36.6. The number of hydrogen-bond donors (Lipinski definition) is 1. The van der Waals surface area contributed by atoms with Crippen LogP contribution in [-0.4, -0.2) is 21.8 Å². The van der Waals surface area contributed by atoms with Gasteiger partial charge in [-0.1, -0.05) is 31.2 Å². The van der Waals surface area contributed by atoms with E-state index in [1.807, 2.05) is 19.1 Å². The van der Waals surface area contributed by atoms with Crippen molar-refractivity contribution in [1.29, 1.82) is 0 Å².